The smallest absolute Gasteiger partial charge is 0.230 e. The van der Waals surface area contributed by atoms with Crippen LogP contribution in [0.3, 0.4) is 0 Å². The molecule has 2 fully saturated rings. The van der Waals surface area contributed by atoms with Crippen molar-refractivity contribution < 1.29 is 9.53 Å². The van der Waals surface area contributed by atoms with Crippen LogP contribution in [0.25, 0.3) is 10.9 Å². The monoisotopic (exact) mass is 381 g/mol. The highest BCUT2D eigenvalue weighted by Crippen LogP contribution is 2.41. The summed E-state index contributed by atoms with van der Waals surface area (Å²) in [6, 6.07) is 8.75. The van der Waals surface area contributed by atoms with Crippen LogP contribution in [0.15, 0.2) is 24.3 Å². The Morgan fingerprint density at radius 2 is 2.07 bits per heavy atom. The van der Waals surface area contributed by atoms with Crippen LogP contribution in [-0.4, -0.2) is 55.7 Å². The van der Waals surface area contributed by atoms with E-state index in [1.165, 1.54) is 16.5 Å². The van der Waals surface area contributed by atoms with Crippen molar-refractivity contribution in [3.8, 4) is 0 Å². The largest absolute Gasteiger partial charge is 0.383 e. The zero-order chi connectivity index (χ0) is 19.7. The molecule has 28 heavy (non-hydrogen) atoms. The molecule has 150 valence electrons. The van der Waals surface area contributed by atoms with E-state index in [9.17, 15) is 4.79 Å². The minimum Gasteiger partial charge on any atom is -0.383 e. The van der Waals surface area contributed by atoms with Crippen LogP contribution in [0.5, 0.6) is 0 Å². The topological polar surface area (TPSA) is 45.7 Å². The van der Waals surface area contributed by atoms with Gasteiger partial charge in [0.05, 0.1) is 17.5 Å². The molecule has 2 aliphatic heterocycles. The molecular weight excluding hydrogens is 350 g/mol. The summed E-state index contributed by atoms with van der Waals surface area (Å²) in [6.07, 6.45) is 4.02. The third-order valence-electron chi connectivity index (χ3n) is 6.54. The van der Waals surface area contributed by atoms with Crippen LogP contribution in [0.2, 0.25) is 0 Å². The zero-order valence-corrected chi connectivity index (χ0v) is 17.3. The number of rotatable bonds is 5. The maximum Gasteiger partial charge on any atom is 0.230 e. The Hall–Kier alpha value is -2.14. The van der Waals surface area contributed by atoms with E-state index in [1.54, 1.807) is 7.11 Å². The van der Waals surface area contributed by atoms with Gasteiger partial charge >= 0.3 is 0 Å². The van der Waals surface area contributed by atoms with Gasteiger partial charge in [-0.2, -0.15) is 0 Å². The number of carbonyl (C=O) groups is 1. The second-order valence-corrected chi connectivity index (χ2v) is 8.34. The third-order valence-corrected chi connectivity index (χ3v) is 6.54. The highest BCUT2D eigenvalue weighted by Gasteiger charge is 2.48. The molecule has 3 heterocycles. The molecule has 0 radical (unpaired) electrons. The van der Waals surface area contributed by atoms with E-state index in [2.05, 4.69) is 43.0 Å². The number of aromatic nitrogens is 1. The van der Waals surface area contributed by atoms with Crippen molar-refractivity contribution in [2.75, 3.05) is 44.8 Å². The van der Waals surface area contributed by atoms with Gasteiger partial charge in [-0.05, 0) is 61.9 Å². The number of carbonyl (C=O) groups excluding carboxylic acids is 1. The van der Waals surface area contributed by atoms with Crippen LogP contribution in [0.1, 0.15) is 37.3 Å². The van der Waals surface area contributed by atoms with E-state index in [4.69, 9.17) is 9.72 Å². The number of hydrogen-bond acceptors (Lipinski definition) is 4. The lowest BCUT2D eigenvalue weighted by atomic mass is 9.78. The van der Waals surface area contributed by atoms with Crippen LogP contribution in [-0.2, 0) is 16.0 Å². The Labute approximate surface area is 167 Å². The number of nitrogens with zero attached hydrogens (tertiary/aromatic N) is 3. The lowest BCUT2D eigenvalue weighted by Crippen LogP contribution is -2.51. The molecule has 1 aromatic carbocycles. The normalized spacial score (nSPS) is 22.6. The van der Waals surface area contributed by atoms with Gasteiger partial charge in [-0.3, -0.25) is 4.79 Å². The average molecular weight is 382 g/mol. The van der Waals surface area contributed by atoms with E-state index in [0.29, 0.717) is 19.1 Å². The van der Waals surface area contributed by atoms with Gasteiger partial charge in [-0.15, -0.1) is 0 Å². The van der Waals surface area contributed by atoms with Crippen molar-refractivity contribution in [3.05, 3.63) is 35.4 Å². The first-order chi connectivity index (χ1) is 13.6. The summed E-state index contributed by atoms with van der Waals surface area (Å²) in [5.74, 6) is 1.32. The van der Waals surface area contributed by atoms with Gasteiger partial charge in [-0.1, -0.05) is 13.0 Å². The molecule has 5 heteroatoms. The van der Waals surface area contributed by atoms with Crippen molar-refractivity contribution in [1.29, 1.82) is 0 Å². The fourth-order valence-electron chi connectivity index (χ4n) is 4.82. The maximum absolute atomic E-state index is 13.2. The molecule has 0 unspecified atom stereocenters. The van der Waals surface area contributed by atoms with Crippen LogP contribution in [0, 0.1) is 12.3 Å². The molecule has 1 aromatic heterocycles. The molecule has 0 aliphatic carbocycles. The third kappa shape index (κ3) is 3.37. The van der Waals surface area contributed by atoms with E-state index < -0.39 is 0 Å². The summed E-state index contributed by atoms with van der Waals surface area (Å²) in [5.41, 5.74) is 3.40. The van der Waals surface area contributed by atoms with Gasteiger partial charge in [-0.25, -0.2) is 4.98 Å². The lowest BCUT2D eigenvalue weighted by Gasteiger charge is -2.39. The van der Waals surface area contributed by atoms with Gasteiger partial charge in [0.15, 0.2) is 0 Å². The number of benzene rings is 1. The molecule has 2 aliphatic rings. The number of anilines is 1. The second-order valence-electron chi connectivity index (χ2n) is 8.34. The van der Waals surface area contributed by atoms with Gasteiger partial charge in [0.2, 0.25) is 5.91 Å². The van der Waals surface area contributed by atoms with Crippen LogP contribution < -0.4 is 4.90 Å². The Morgan fingerprint density at radius 1 is 1.21 bits per heavy atom. The quantitative estimate of drug-likeness (QED) is 0.794. The van der Waals surface area contributed by atoms with E-state index >= 15 is 0 Å². The molecule has 1 atom stereocenters. The molecule has 4 rings (SSSR count). The molecule has 1 spiro atoms. The van der Waals surface area contributed by atoms with Crippen molar-refractivity contribution >= 4 is 22.6 Å². The van der Waals surface area contributed by atoms with Gasteiger partial charge < -0.3 is 14.5 Å². The fraction of sp³-hybridized carbons (Fsp3) is 0.565. The standard InChI is InChI=1S/C23H31N3O2/c1-4-18-6-7-20-19(15-18)17(2)14-21(24-20)26-11-9-23(16-26)8-5-10-25(22(23)27)12-13-28-3/h6-7,14-15H,4-5,8-13,16H2,1-3H3/t23-/m0/s1. The Kier molecular flexibility index (Phi) is 5.28. The van der Waals surface area contributed by atoms with Gasteiger partial charge in [0.1, 0.15) is 5.82 Å². The van der Waals surface area contributed by atoms with Gasteiger partial charge in [0.25, 0.3) is 0 Å². The van der Waals surface area contributed by atoms with Gasteiger partial charge in [0, 0.05) is 38.7 Å². The first kappa shape index (κ1) is 19.2. The van der Waals surface area contributed by atoms with Crippen LogP contribution >= 0.6 is 0 Å². The number of ether oxygens (including phenoxy) is 1. The molecule has 5 nitrogen and oxygen atoms in total. The molecule has 1 amide bonds. The molecule has 0 saturated carbocycles. The predicted molar refractivity (Wildman–Crippen MR) is 113 cm³/mol. The summed E-state index contributed by atoms with van der Waals surface area (Å²) in [5, 5.41) is 1.23. The van der Waals surface area contributed by atoms with E-state index in [-0.39, 0.29) is 5.41 Å². The molecule has 0 bridgehead atoms. The highest BCUT2D eigenvalue weighted by molar-refractivity contribution is 5.86. The highest BCUT2D eigenvalue weighted by atomic mass is 16.5. The number of hydrogen-bond donors (Lipinski definition) is 0. The van der Waals surface area contributed by atoms with Crippen molar-refractivity contribution in [3.63, 3.8) is 0 Å². The Balaban J connectivity index is 1.57. The number of aryl methyl sites for hydroxylation is 2. The summed E-state index contributed by atoms with van der Waals surface area (Å²) in [7, 11) is 1.69. The van der Waals surface area contributed by atoms with Crippen molar-refractivity contribution in [2.24, 2.45) is 5.41 Å². The molecule has 2 aromatic rings. The number of fused-ring (bicyclic) bond motifs is 1. The number of piperidine rings is 1. The van der Waals surface area contributed by atoms with E-state index in [1.807, 2.05) is 4.90 Å². The number of pyridine rings is 1. The van der Waals surface area contributed by atoms with Crippen molar-refractivity contribution in [2.45, 2.75) is 39.5 Å². The van der Waals surface area contributed by atoms with E-state index in [0.717, 1.165) is 56.7 Å². The Bertz CT molecular complexity index is 882. The fourth-order valence-corrected chi connectivity index (χ4v) is 4.82. The second kappa shape index (κ2) is 7.70. The summed E-state index contributed by atoms with van der Waals surface area (Å²) < 4.78 is 5.19. The molecule has 2 saturated heterocycles. The number of amides is 1. The molecule has 0 N–H and O–H groups in total. The summed E-state index contributed by atoms with van der Waals surface area (Å²) in [6.45, 7) is 8.18. The maximum atomic E-state index is 13.2. The first-order valence-corrected chi connectivity index (χ1v) is 10.5. The Morgan fingerprint density at radius 3 is 2.86 bits per heavy atom. The minimum atomic E-state index is -0.247. The number of likely N-dealkylation sites (tertiary alicyclic amines) is 1. The zero-order valence-electron chi connectivity index (χ0n) is 17.3. The minimum absolute atomic E-state index is 0.247. The average Bonchev–Trinajstić information content (AvgIpc) is 3.14. The summed E-state index contributed by atoms with van der Waals surface area (Å²) in [4.78, 5) is 22.5. The van der Waals surface area contributed by atoms with Crippen LogP contribution in [0.4, 0.5) is 5.82 Å². The summed E-state index contributed by atoms with van der Waals surface area (Å²) >= 11 is 0. The molecular formula is C23H31N3O2. The predicted octanol–water partition coefficient (Wildman–Crippen LogP) is 3.57. The first-order valence-electron chi connectivity index (χ1n) is 10.5. The SMILES string of the molecule is CCc1ccc2nc(N3CC[C@@]4(CCCN(CCOC)C4=O)C3)cc(C)c2c1. The lowest BCUT2D eigenvalue weighted by molar-refractivity contribution is -0.145. The van der Waals surface area contributed by atoms with Crippen molar-refractivity contribution in [1.82, 2.24) is 9.88 Å². The number of methoxy groups -OCH3 is 1.